The van der Waals surface area contributed by atoms with E-state index in [2.05, 4.69) is 0 Å². The molecule has 0 spiro atoms. The number of carbonyl (C=O) groups excluding carboxylic acids is 2. The Kier molecular flexibility index (Phi) is 4.63. The summed E-state index contributed by atoms with van der Waals surface area (Å²) in [4.78, 5) is 27.6. The maximum absolute atomic E-state index is 16.2. The SMILES string of the molecule is CCOC(=O)[C@]1(F)C[C@@]2(c3ccccc3)C(=O)C=C[C@@H]1N2Cc1ccccc1. The van der Waals surface area contributed by atoms with Gasteiger partial charge in [-0.2, -0.15) is 0 Å². The fraction of sp³-hybridized carbons (Fsp3) is 0.304. The van der Waals surface area contributed by atoms with E-state index in [1.165, 1.54) is 12.2 Å². The summed E-state index contributed by atoms with van der Waals surface area (Å²) in [6, 6.07) is 17.9. The van der Waals surface area contributed by atoms with Crippen LogP contribution in [0.5, 0.6) is 0 Å². The van der Waals surface area contributed by atoms with Gasteiger partial charge in [0.05, 0.1) is 12.6 Å². The first kappa shape index (κ1) is 18.6. The lowest BCUT2D eigenvalue weighted by molar-refractivity contribution is -0.158. The zero-order chi connectivity index (χ0) is 19.8. The largest absolute Gasteiger partial charge is 0.464 e. The summed E-state index contributed by atoms with van der Waals surface area (Å²) in [5.41, 5.74) is -1.89. The van der Waals surface area contributed by atoms with Crippen molar-refractivity contribution < 1.29 is 18.7 Å². The van der Waals surface area contributed by atoms with Crippen LogP contribution in [-0.2, 0) is 26.4 Å². The number of esters is 1. The van der Waals surface area contributed by atoms with E-state index >= 15 is 4.39 Å². The van der Waals surface area contributed by atoms with Crippen molar-refractivity contribution in [2.45, 2.75) is 37.1 Å². The Hall–Kier alpha value is -2.79. The van der Waals surface area contributed by atoms with E-state index in [-0.39, 0.29) is 18.8 Å². The summed E-state index contributed by atoms with van der Waals surface area (Å²) >= 11 is 0. The molecule has 0 aromatic heterocycles. The van der Waals surface area contributed by atoms with Crippen LogP contribution in [0.2, 0.25) is 0 Å². The molecule has 1 saturated heterocycles. The fourth-order valence-electron chi connectivity index (χ4n) is 4.45. The van der Waals surface area contributed by atoms with Gasteiger partial charge < -0.3 is 4.74 Å². The summed E-state index contributed by atoms with van der Waals surface area (Å²) in [5.74, 6) is -1.12. The molecule has 2 heterocycles. The third-order valence-corrected chi connectivity index (χ3v) is 5.71. The summed E-state index contributed by atoms with van der Waals surface area (Å²) in [6.45, 7) is 2.09. The van der Waals surface area contributed by atoms with Crippen molar-refractivity contribution in [3.05, 3.63) is 83.9 Å². The van der Waals surface area contributed by atoms with Gasteiger partial charge in [-0.05, 0) is 24.1 Å². The molecular formula is C23H22FNO3. The number of carbonyl (C=O) groups is 2. The molecule has 0 N–H and O–H groups in total. The zero-order valence-electron chi connectivity index (χ0n) is 15.7. The number of ether oxygens (including phenoxy) is 1. The van der Waals surface area contributed by atoms with Gasteiger partial charge in [-0.1, -0.05) is 66.7 Å². The van der Waals surface area contributed by atoms with Crippen molar-refractivity contribution in [2.24, 2.45) is 0 Å². The third-order valence-electron chi connectivity index (χ3n) is 5.71. The summed E-state index contributed by atoms with van der Waals surface area (Å²) in [7, 11) is 0. The Morgan fingerprint density at radius 3 is 2.43 bits per heavy atom. The van der Waals surface area contributed by atoms with Gasteiger partial charge >= 0.3 is 5.97 Å². The molecule has 0 aliphatic carbocycles. The molecule has 0 saturated carbocycles. The van der Waals surface area contributed by atoms with E-state index < -0.39 is 23.2 Å². The Morgan fingerprint density at radius 1 is 1.14 bits per heavy atom. The number of hydrogen-bond acceptors (Lipinski definition) is 4. The number of nitrogens with zero attached hydrogens (tertiary/aromatic N) is 1. The Morgan fingerprint density at radius 2 is 1.79 bits per heavy atom. The molecule has 4 nitrogen and oxygen atoms in total. The third kappa shape index (κ3) is 2.69. The predicted molar refractivity (Wildman–Crippen MR) is 103 cm³/mol. The van der Waals surface area contributed by atoms with E-state index in [9.17, 15) is 9.59 Å². The number of hydrogen-bond donors (Lipinski definition) is 0. The quantitative estimate of drug-likeness (QED) is 0.745. The molecule has 5 heteroatoms. The van der Waals surface area contributed by atoms with Crippen LogP contribution in [0.25, 0.3) is 0 Å². The minimum atomic E-state index is -2.29. The van der Waals surface area contributed by atoms with Crippen molar-refractivity contribution in [1.29, 1.82) is 0 Å². The maximum Gasteiger partial charge on any atom is 0.346 e. The first-order chi connectivity index (χ1) is 13.5. The summed E-state index contributed by atoms with van der Waals surface area (Å²) in [6.07, 6.45) is 2.67. The van der Waals surface area contributed by atoms with Crippen LogP contribution >= 0.6 is 0 Å². The van der Waals surface area contributed by atoms with Crippen molar-refractivity contribution in [3.63, 3.8) is 0 Å². The molecule has 0 radical (unpaired) electrons. The van der Waals surface area contributed by atoms with Crippen molar-refractivity contribution in [1.82, 2.24) is 4.90 Å². The van der Waals surface area contributed by atoms with Gasteiger partial charge in [0.1, 0.15) is 5.54 Å². The molecule has 1 fully saturated rings. The molecule has 2 bridgehead atoms. The number of alkyl halides is 1. The summed E-state index contributed by atoms with van der Waals surface area (Å²) in [5, 5.41) is 0. The molecule has 3 atom stereocenters. The number of halogens is 1. The van der Waals surface area contributed by atoms with Crippen LogP contribution in [-0.4, -0.2) is 35.0 Å². The van der Waals surface area contributed by atoms with Crippen LogP contribution in [0.4, 0.5) is 4.39 Å². The smallest absolute Gasteiger partial charge is 0.346 e. The Labute approximate surface area is 163 Å². The second kappa shape index (κ2) is 6.99. The van der Waals surface area contributed by atoms with E-state index in [0.717, 1.165) is 5.56 Å². The Bertz CT molecular complexity index is 914. The number of benzene rings is 2. The fourth-order valence-corrected chi connectivity index (χ4v) is 4.45. The Balaban J connectivity index is 1.87. The summed E-state index contributed by atoms with van der Waals surface area (Å²) < 4.78 is 21.3. The average Bonchev–Trinajstić information content (AvgIpc) is 2.90. The molecule has 2 aliphatic rings. The van der Waals surface area contributed by atoms with Gasteiger partial charge in [-0.25, -0.2) is 9.18 Å². The zero-order valence-corrected chi connectivity index (χ0v) is 15.7. The minimum absolute atomic E-state index is 0.0892. The molecule has 2 aromatic rings. The lowest BCUT2D eigenvalue weighted by atomic mass is 9.80. The van der Waals surface area contributed by atoms with Gasteiger partial charge in [-0.3, -0.25) is 9.69 Å². The van der Waals surface area contributed by atoms with E-state index in [1.807, 2.05) is 65.6 Å². The highest BCUT2D eigenvalue weighted by Crippen LogP contribution is 2.53. The molecule has 28 heavy (non-hydrogen) atoms. The molecule has 0 amide bonds. The van der Waals surface area contributed by atoms with Crippen molar-refractivity contribution in [2.75, 3.05) is 6.61 Å². The molecule has 2 aromatic carbocycles. The average molecular weight is 379 g/mol. The van der Waals surface area contributed by atoms with Crippen LogP contribution in [0.3, 0.4) is 0 Å². The molecule has 4 rings (SSSR count). The lowest BCUT2D eigenvalue weighted by Crippen LogP contribution is -2.53. The minimum Gasteiger partial charge on any atom is -0.464 e. The van der Waals surface area contributed by atoms with Gasteiger partial charge in [-0.15, -0.1) is 0 Å². The molecular weight excluding hydrogens is 357 g/mol. The highest BCUT2D eigenvalue weighted by atomic mass is 19.1. The first-order valence-corrected chi connectivity index (χ1v) is 9.47. The second-order valence-corrected chi connectivity index (χ2v) is 7.27. The van der Waals surface area contributed by atoms with Crippen molar-refractivity contribution in [3.8, 4) is 0 Å². The molecule has 2 aliphatic heterocycles. The predicted octanol–water partition coefficient (Wildman–Crippen LogP) is 3.57. The van der Waals surface area contributed by atoms with Crippen molar-refractivity contribution >= 4 is 11.8 Å². The normalized spacial score (nSPS) is 29.1. The second-order valence-electron chi connectivity index (χ2n) is 7.27. The van der Waals surface area contributed by atoms with Crippen LogP contribution in [0.15, 0.2) is 72.8 Å². The molecule has 144 valence electrons. The monoisotopic (exact) mass is 379 g/mol. The van der Waals surface area contributed by atoms with E-state index in [1.54, 1.807) is 6.92 Å². The van der Waals surface area contributed by atoms with E-state index in [4.69, 9.17) is 4.74 Å². The van der Waals surface area contributed by atoms with Gasteiger partial charge in [0.2, 0.25) is 5.67 Å². The van der Waals surface area contributed by atoms with E-state index in [0.29, 0.717) is 12.1 Å². The number of ketones is 1. The van der Waals surface area contributed by atoms with Gasteiger partial charge in [0.25, 0.3) is 0 Å². The van der Waals surface area contributed by atoms with Crippen LogP contribution in [0, 0.1) is 0 Å². The van der Waals surface area contributed by atoms with Crippen LogP contribution in [0.1, 0.15) is 24.5 Å². The topological polar surface area (TPSA) is 46.6 Å². The molecule has 0 unspecified atom stereocenters. The standard InChI is InChI=1S/C23H22FNO3/c1-2-28-21(27)22(24)16-23(18-11-7-4-8-12-18)20(26)14-13-19(22)25(23)15-17-9-5-3-6-10-17/h3-14,19H,2,15-16H2,1H3/t19-,22-,23+/m0/s1. The number of fused-ring (bicyclic) bond motifs is 2. The van der Waals surface area contributed by atoms with Crippen LogP contribution < -0.4 is 0 Å². The highest BCUT2D eigenvalue weighted by molar-refractivity contribution is 6.02. The lowest BCUT2D eigenvalue weighted by Gasteiger charge is -2.41. The first-order valence-electron chi connectivity index (χ1n) is 9.47. The number of rotatable bonds is 5. The van der Waals surface area contributed by atoms with Gasteiger partial charge in [0, 0.05) is 13.0 Å². The highest BCUT2D eigenvalue weighted by Gasteiger charge is 2.68. The van der Waals surface area contributed by atoms with Gasteiger partial charge in [0.15, 0.2) is 5.78 Å². The maximum atomic E-state index is 16.2.